The fourth-order valence-corrected chi connectivity index (χ4v) is 5.68. The van der Waals surface area contributed by atoms with Crippen molar-refractivity contribution in [3.8, 4) is 11.1 Å². The van der Waals surface area contributed by atoms with Gasteiger partial charge in [-0.05, 0) is 65.9 Å². The molecule has 1 saturated carbocycles. The summed E-state index contributed by atoms with van der Waals surface area (Å²) in [7, 11) is 0. The molecule has 1 fully saturated rings. The number of carboxylic acids is 1. The van der Waals surface area contributed by atoms with E-state index in [4.69, 9.17) is 4.74 Å². The van der Waals surface area contributed by atoms with E-state index < -0.39 is 18.1 Å². The van der Waals surface area contributed by atoms with E-state index in [1.807, 2.05) is 30.5 Å². The van der Waals surface area contributed by atoms with E-state index in [9.17, 15) is 19.5 Å². The van der Waals surface area contributed by atoms with Gasteiger partial charge in [-0.3, -0.25) is 4.79 Å². The second-order valence-corrected chi connectivity index (χ2v) is 10.3. The molecule has 2 aliphatic rings. The molecule has 35 heavy (non-hydrogen) atoms. The highest BCUT2D eigenvalue weighted by atomic mass is 32.2. The second-order valence-electron chi connectivity index (χ2n) is 9.29. The van der Waals surface area contributed by atoms with Gasteiger partial charge < -0.3 is 20.5 Å². The van der Waals surface area contributed by atoms with E-state index in [0.717, 1.165) is 12.8 Å². The summed E-state index contributed by atoms with van der Waals surface area (Å²) in [6.07, 6.45) is 4.40. The molecule has 8 heteroatoms. The van der Waals surface area contributed by atoms with Crippen LogP contribution in [0.5, 0.6) is 0 Å². The van der Waals surface area contributed by atoms with E-state index >= 15 is 0 Å². The number of ether oxygens (including phenoxy) is 1. The maximum Gasteiger partial charge on any atom is 0.407 e. The van der Waals surface area contributed by atoms with Crippen LogP contribution in [-0.4, -0.2) is 53.8 Å². The van der Waals surface area contributed by atoms with Gasteiger partial charge in [0.15, 0.2) is 0 Å². The van der Waals surface area contributed by atoms with Gasteiger partial charge in [-0.1, -0.05) is 48.5 Å². The molecule has 0 heterocycles. The van der Waals surface area contributed by atoms with Gasteiger partial charge >= 0.3 is 12.1 Å². The molecule has 2 amide bonds. The molecular weight excluding hydrogens is 464 g/mol. The predicted molar refractivity (Wildman–Crippen MR) is 137 cm³/mol. The zero-order chi connectivity index (χ0) is 24.8. The van der Waals surface area contributed by atoms with Crippen LogP contribution in [-0.2, 0) is 14.3 Å². The Labute approximate surface area is 210 Å². The predicted octanol–water partition coefficient (Wildman–Crippen LogP) is 4.41. The Morgan fingerprint density at radius 2 is 1.71 bits per heavy atom. The molecule has 186 valence electrons. The third-order valence-electron chi connectivity index (χ3n) is 6.92. The van der Waals surface area contributed by atoms with Crippen molar-refractivity contribution in [2.75, 3.05) is 18.6 Å². The van der Waals surface area contributed by atoms with E-state index in [2.05, 4.69) is 34.9 Å². The molecule has 0 saturated heterocycles. The molecule has 0 spiro atoms. The van der Waals surface area contributed by atoms with Crippen molar-refractivity contribution in [1.82, 2.24) is 10.6 Å². The Bertz CT molecular complexity index is 1030. The molecule has 2 aliphatic carbocycles. The van der Waals surface area contributed by atoms with Gasteiger partial charge in [-0.25, -0.2) is 9.59 Å². The van der Waals surface area contributed by atoms with Crippen molar-refractivity contribution in [2.24, 2.45) is 5.92 Å². The van der Waals surface area contributed by atoms with Crippen LogP contribution in [0.15, 0.2) is 48.5 Å². The Hall–Kier alpha value is -3.00. The van der Waals surface area contributed by atoms with Gasteiger partial charge in [0, 0.05) is 18.4 Å². The Morgan fingerprint density at radius 1 is 1.06 bits per heavy atom. The monoisotopic (exact) mass is 496 g/mol. The Balaban J connectivity index is 1.24. The van der Waals surface area contributed by atoms with Crippen molar-refractivity contribution in [1.29, 1.82) is 0 Å². The quantitative estimate of drug-likeness (QED) is 0.450. The van der Waals surface area contributed by atoms with Crippen LogP contribution in [0.1, 0.15) is 49.1 Å². The number of fused-ring (bicyclic) bond motifs is 3. The van der Waals surface area contributed by atoms with Crippen LogP contribution in [0.4, 0.5) is 4.79 Å². The first kappa shape index (κ1) is 25.1. The molecule has 0 unspecified atom stereocenters. The first-order valence-electron chi connectivity index (χ1n) is 12.1. The van der Waals surface area contributed by atoms with E-state index in [0.29, 0.717) is 18.6 Å². The van der Waals surface area contributed by atoms with E-state index in [-0.39, 0.29) is 36.8 Å². The van der Waals surface area contributed by atoms with Gasteiger partial charge in [-0.15, -0.1) is 0 Å². The Kier molecular flexibility index (Phi) is 8.33. The summed E-state index contributed by atoms with van der Waals surface area (Å²) >= 11 is 1.55. The van der Waals surface area contributed by atoms with Gasteiger partial charge in [-0.2, -0.15) is 11.8 Å². The summed E-state index contributed by atoms with van der Waals surface area (Å²) in [5.41, 5.74) is 4.72. The largest absolute Gasteiger partial charge is 0.480 e. The molecule has 3 atom stereocenters. The number of carboxylic acid groups (broad SMARTS) is 1. The molecule has 2 aromatic carbocycles. The SMILES string of the molecule is CSCC[C@@H](NC(=O)C[C@@H]1CC[C@H](NC(=O)OCC2c3ccccc3-c3ccccc32)C1)C(=O)O. The lowest BCUT2D eigenvalue weighted by atomic mass is 9.98. The van der Waals surface area contributed by atoms with Gasteiger partial charge in [0.25, 0.3) is 0 Å². The minimum absolute atomic E-state index is 0.0152. The third-order valence-corrected chi connectivity index (χ3v) is 7.57. The average Bonchev–Trinajstić information content (AvgIpc) is 3.41. The topological polar surface area (TPSA) is 105 Å². The summed E-state index contributed by atoms with van der Waals surface area (Å²) < 4.78 is 5.64. The second kappa shape index (κ2) is 11.6. The molecule has 0 aliphatic heterocycles. The summed E-state index contributed by atoms with van der Waals surface area (Å²) in [5, 5.41) is 14.9. The highest BCUT2D eigenvalue weighted by molar-refractivity contribution is 7.98. The number of thioether (sulfide) groups is 1. The molecule has 4 rings (SSSR count). The zero-order valence-corrected chi connectivity index (χ0v) is 20.7. The summed E-state index contributed by atoms with van der Waals surface area (Å²) in [6.45, 7) is 0.269. The minimum Gasteiger partial charge on any atom is -0.480 e. The first-order valence-corrected chi connectivity index (χ1v) is 13.5. The highest BCUT2D eigenvalue weighted by Crippen LogP contribution is 2.44. The summed E-state index contributed by atoms with van der Waals surface area (Å²) in [5.74, 6) is -0.448. The highest BCUT2D eigenvalue weighted by Gasteiger charge is 2.31. The number of carbonyl (C=O) groups is 3. The van der Waals surface area contributed by atoms with Crippen LogP contribution in [0.25, 0.3) is 11.1 Å². The number of aliphatic carboxylic acids is 1. The number of hydrogen-bond acceptors (Lipinski definition) is 5. The van der Waals surface area contributed by atoms with Crippen LogP contribution < -0.4 is 10.6 Å². The van der Waals surface area contributed by atoms with Gasteiger partial charge in [0.2, 0.25) is 5.91 Å². The zero-order valence-electron chi connectivity index (χ0n) is 19.9. The fraction of sp³-hybridized carbons (Fsp3) is 0.444. The normalized spacial score (nSPS) is 19.5. The molecule has 0 radical (unpaired) electrons. The van der Waals surface area contributed by atoms with Crippen LogP contribution >= 0.6 is 11.8 Å². The van der Waals surface area contributed by atoms with Gasteiger partial charge in [0.05, 0.1) is 0 Å². The summed E-state index contributed by atoms with van der Waals surface area (Å²) in [6, 6.07) is 15.5. The van der Waals surface area contributed by atoms with Crippen LogP contribution in [0.3, 0.4) is 0 Å². The Morgan fingerprint density at radius 3 is 2.34 bits per heavy atom. The number of carbonyl (C=O) groups excluding carboxylic acids is 2. The van der Waals surface area contributed by atoms with Crippen LogP contribution in [0, 0.1) is 5.92 Å². The number of nitrogens with one attached hydrogen (secondary N) is 2. The molecular formula is C27H32N2O5S. The van der Waals surface area contributed by atoms with Crippen molar-refractivity contribution >= 4 is 29.7 Å². The minimum atomic E-state index is -1.01. The molecule has 7 nitrogen and oxygen atoms in total. The number of hydrogen-bond donors (Lipinski definition) is 3. The number of alkyl carbamates (subject to hydrolysis) is 1. The molecule has 2 aromatic rings. The van der Waals surface area contributed by atoms with Crippen molar-refractivity contribution < 1.29 is 24.2 Å². The fourth-order valence-electron chi connectivity index (χ4n) is 5.21. The third kappa shape index (κ3) is 6.17. The lowest BCUT2D eigenvalue weighted by molar-refractivity contribution is -0.142. The number of rotatable bonds is 10. The van der Waals surface area contributed by atoms with Gasteiger partial charge in [0.1, 0.15) is 12.6 Å². The standard InChI is InChI=1S/C27H32N2O5S/c1-35-13-12-24(26(31)32)29-25(30)15-17-10-11-18(14-17)28-27(33)34-16-23-21-8-4-2-6-19(21)20-7-3-5-9-22(20)23/h2-9,17-18,23-24H,10-16H2,1H3,(H,28,33)(H,29,30)(H,31,32)/t17-,18+,24-/m1/s1. The van der Waals surface area contributed by atoms with E-state index in [1.165, 1.54) is 22.3 Å². The van der Waals surface area contributed by atoms with E-state index in [1.54, 1.807) is 11.8 Å². The molecule has 0 aromatic heterocycles. The summed E-state index contributed by atoms with van der Waals surface area (Å²) in [4.78, 5) is 36.3. The van der Waals surface area contributed by atoms with Crippen molar-refractivity contribution in [3.05, 3.63) is 59.7 Å². The smallest absolute Gasteiger partial charge is 0.407 e. The number of amides is 2. The molecule has 0 bridgehead atoms. The van der Waals surface area contributed by atoms with Crippen molar-refractivity contribution in [2.45, 2.75) is 50.1 Å². The average molecular weight is 497 g/mol. The number of benzene rings is 2. The lowest BCUT2D eigenvalue weighted by Crippen LogP contribution is -2.41. The first-order chi connectivity index (χ1) is 17.0. The van der Waals surface area contributed by atoms with Crippen LogP contribution in [0.2, 0.25) is 0 Å². The molecule has 3 N–H and O–H groups in total. The van der Waals surface area contributed by atoms with Crippen molar-refractivity contribution in [3.63, 3.8) is 0 Å². The lowest BCUT2D eigenvalue weighted by Gasteiger charge is -2.17. The maximum atomic E-state index is 12.5. The maximum absolute atomic E-state index is 12.5.